The largest absolute Gasteiger partial charge is 0.369 e. The van der Waals surface area contributed by atoms with Gasteiger partial charge in [-0.1, -0.05) is 51.1 Å². The van der Waals surface area contributed by atoms with Crippen molar-refractivity contribution >= 4 is 17.3 Å². The molecule has 3 rings (SSSR count). The van der Waals surface area contributed by atoms with Gasteiger partial charge in [-0.25, -0.2) is 0 Å². The van der Waals surface area contributed by atoms with Gasteiger partial charge in [-0.3, -0.25) is 4.79 Å². The van der Waals surface area contributed by atoms with E-state index in [-0.39, 0.29) is 5.91 Å². The van der Waals surface area contributed by atoms with Crippen LogP contribution in [-0.2, 0) is 4.79 Å². The standard InChI is InChI=1S/C24H30N4O/c1-24(2,3)23(29)26-21-14-22(28-12-11-19(16-28)27(4)5)20(13-18(21)15-25)17-9-7-6-8-10-17/h6-10,13-14,19H,11-12,16H2,1-5H3,(H,26,29)/t19-/m0/s1. The van der Waals surface area contributed by atoms with Crippen molar-refractivity contribution in [2.75, 3.05) is 37.4 Å². The Balaban J connectivity index is 2.09. The summed E-state index contributed by atoms with van der Waals surface area (Å²) in [7, 11) is 4.22. The summed E-state index contributed by atoms with van der Waals surface area (Å²) < 4.78 is 0. The molecule has 5 nitrogen and oxygen atoms in total. The van der Waals surface area contributed by atoms with Gasteiger partial charge in [0.15, 0.2) is 0 Å². The van der Waals surface area contributed by atoms with Crippen molar-refractivity contribution in [1.82, 2.24) is 4.90 Å². The second-order valence-electron chi connectivity index (χ2n) is 8.95. The first-order chi connectivity index (χ1) is 13.7. The predicted molar refractivity (Wildman–Crippen MR) is 119 cm³/mol. The Morgan fingerprint density at radius 1 is 1.21 bits per heavy atom. The van der Waals surface area contributed by atoms with E-state index in [1.54, 1.807) is 0 Å². The van der Waals surface area contributed by atoms with E-state index in [2.05, 4.69) is 47.4 Å². The monoisotopic (exact) mass is 390 g/mol. The summed E-state index contributed by atoms with van der Waals surface area (Å²) in [6, 6.07) is 16.8. The number of likely N-dealkylation sites (N-methyl/N-ethyl adjacent to an activating group) is 1. The number of benzene rings is 2. The van der Waals surface area contributed by atoms with Gasteiger partial charge in [-0.2, -0.15) is 5.26 Å². The van der Waals surface area contributed by atoms with Crippen molar-refractivity contribution in [3.8, 4) is 17.2 Å². The van der Waals surface area contributed by atoms with Crippen LogP contribution in [0, 0.1) is 16.7 Å². The molecule has 2 aromatic rings. The van der Waals surface area contributed by atoms with Crippen LogP contribution in [0.2, 0.25) is 0 Å². The van der Waals surface area contributed by atoms with E-state index in [1.807, 2.05) is 51.1 Å². The van der Waals surface area contributed by atoms with Crippen LogP contribution < -0.4 is 10.2 Å². The average Bonchev–Trinajstić information content (AvgIpc) is 3.18. The molecule has 0 radical (unpaired) electrons. The van der Waals surface area contributed by atoms with Gasteiger partial charge in [0.2, 0.25) is 5.91 Å². The molecule has 2 aromatic carbocycles. The van der Waals surface area contributed by atoms with Crippen molar-refractivity contribution in [3.63, 3.8) is 0 Å². The number of hydrogen-bond donors (Lipinski definition) is 1. The smallest absolute Gasteiger partial charge is 0.229 e. The lowest BCUT2D eigenvalue weighted by Crippen LogP contribution is -2.32. The van der Waals surface area contributed by atoms with Crippen LogP contribution in [0.3, 0.4) is 0 Å². The summed E-state index contributed by atoms with van der Waals surface area (Å²) in [5, 5.41) is 12.7. The van der Waals surface area contributed by atoms with Gasteiger partial charge in [-0.15, -0.1) is 0 Å². The highest BCUT2D eigenvalue weighted by Gasteiger charge is 2.28. The Labute approximate surface area is 173 Å². The van der Waals surface area contributed by atoms with E-state index in [9.17, 15) is 10.1 Å². The van der Waals surface area contributed by atoms with Gasteiger partial charge in [-0.05, 0) is 38.2 Å². The molecule has 1 saturated heterocycles. The van der Waals surface area contributed by atoms with E-state index in [0.29, 0.717) is 17.3 Å². The number of hydrogen-bond acceptors (Lipinski definition) is 4. The van der Waals surface area contributed by atoms with Gasteiger partial charge < -0.3 is 15.1 Å². The zero-order valence-electron chi connectivity index (χ0n) is 18.0. The lowest BCUT2D eigenvalue weighted by atomic mass is 9.94. The van der Waals surface area contributed by atoms with Gasteiger partial charge in [0, 0.05) is 35.8 Å². The third kappa shape index (κ3) is 4.60. The Hall–Kier alpha value is -2.84. The molecule has 29 heavy (non-hydrogen) atoms. The van der Waals surface area contributed by atoms with E-state index in [0.717, 1.165) is 36.3 Å². The van der Waals surface area contributed by atoms with E-state index in [4.69, 9.17) is 0 Å². The van der Waals surface area contributed by atoms with Crippen LogP contribution in [0.1, 0.15) is 32.8 Å². The first kappa shape index (κ1) is 20.9. The van der Waals surface area contributed by atoms with Gasteiger partial charge in [0.1, 0.15) is 6.07 Å². The first-order valence-corrected chi connectivity index (χ1v) is 10.1. The number of carbonyl (C=O) groups excluding carboxylic acids is 1. The molecule has 1 aliphatic rings. The molecule has 0 aromatic heterocycles. The molecule has 1 heterocycles. The van der Waals surface area contributed by atoms with Crippen molar-refractivity contribution in [1.29, 1.82) is 5.26 Å². The zero-order chi connectivity index (χ0) is 21.2. The molecule has 1 atom stereocenters. The van der Waals surface area contributed by atoms with Crippen molar-refractivity contribution in [2.45, 2.75) is 33.2 Å². The SMILES string of the molecule is CN(C)[C@H]1CCN(c2cc(NC(=O)C(C)(C)C)c(C#N)cc2-c2ccccc2)C1. The molecule has 0 unspecified atom stereocenters. The minimum Gasteiger partial charge on any atom is -0.369 e. The highest BCUT2D eigenvalue weighted by molar-refractivity contribution is 5.97. The Bertz CT molecular complexity index is 922. The topological polar surface area (TPSA) is 59.4 Å². The fourth-order valence-corrected chi connectivity index (χ4v) is 3.59. The second-order valence-corrected chi connectivity index (χ2v) is 8.95. The molecule has 5 heteroatoms. The molecule has 0 saturated carbocycles. The molecule has 1 amide bonds. The lowest BCUT2D eigenvalue weighted by Gasteiger charge is -2.26. The number of nitrogens with one attached hydrogen (secondary N) is 1. The Morgan fingerprint density at radius 2 is 1.90 bits per heavy atom. The summed E-state index contributed by atoms with van der Waals surface area (Å²) in [5.41, 5.74) is 3.68. The molecule has 0 aliphatic carbocycles. The molecular formula is C24H30N4O. The number of rotatable bonds is 4. The maximum Gasteiger partial charge on any atom is 0.229 e. The number of nitriles is 1. The highest BCUT2D eigenvalue weighted by atomic mass is 16.2. The number of anilines is 2. The minimum atomic E-state index is -0.533. The van der Waals surface area contributed by atoms with Gasteiger partial charge in [0.25, 0.3) is 0 Å². The van der Waals surface area contributed by atoms with Crippen molar-refractivity contribution < 1.29 is 4.79 Å². The van der Waals surface area contributed by atoms with Gasteiger partial charge in [0.05, 0.1) is 11.3 Å². The molecule has 152 valence electrons. The quantitative estimate of drug-likeness (QED) is 0.843. The van der Waals surface area contributed by atoms with E-state index >= 15 is 0 Å². The van der Waals surface area contributed by atoms with Crippen LogP contribution in [0.15, 0.2) is 42.5 Å². The maximum atomic E-state index is 12.6. The average molecular weight is 391 g/mol. The third-order valence-corrected chi connectivity index (χ3v) is 5.50. The highest BCUT2D eigenvalue weighted by Crippen LogP contribution is 2.38. The first-order valence-electron chi connectivity index (χ1n) is 10.1. The summed E-state index contributed by atoms with van der Waals surface area (Å²) >= 11 is 0. The summed E-state index contributed by atoms with van der Waals surface area (Å²) in [4.78, 5) is 17.2. The predicted octanol–water partition coefficient (Wildman–Crippen LogP) is 4.35. The van der Waals surface area contributed by atoms with Gasteiger partial charge >= 0.3 is 0 Å². The van der Waals surface area contributed by atoms with Crippen LogP contribution in [0.4, 0.5) is 11.4 Å². The van der Waals surface area contributed by atoms with Crippen molar-refractivity contribution in [3.05, 3.63) is 48.0 Å². The fraction of sp³-hybridized carbons (Fsp3) is 0.417. The lowest BCUT2D eigenvalue weighted by molar-refractivity contribution is -0.123. The number of nitrogens with zero attached hydrogens (tertiary/aromatic N) is 3. The summed E-state index contributed by atoms with van der Waals surface area (Å²) in [6.45, 7) is 7.48. The Morgan fingerprint density at radius 3 is 2.45 bits per heavy atom. The normalized spacial score (nSPS) is 16.7. The molecular weight excluding hydrogens is 360 g/mol. The summed E-state index contributed by atoms with van der Waals surface area (Å²) in [6.07, 6.45) is 1.09. The molecule has 1 fully saturated rings. The van der Waals surface area contributed by atoms with E-state index in [1.165, 1.54) is 0 Å². The zero-order valence-corrected chi connectivity index (χ0v) is 18.0. The number of amides is 1. The Kier molecular flexibility index (Phi) is 5.95. The molecule has 0 bridgehead atoms. The van der Waals surface area contributed by atoms with Crippen LogP contribution >= 0.6 is 0 Å². The van der Waals surface area contributed by atoms with Crippen LogP contribution in [-0.4, -0.2) is 44.0 Å². The maximum absolute atomic E-state index is 12.6. The minimum absolute atomic E-state index is 0.0972. The van der Waals surface area contributed by atoms with Crippen molar-refractivity contribution in [2.24, 2.45) is 5.41 Å². The van der Waals surface area contributed by atoms with Crippen LogP contribution in [0.5, 0.6) is 0 Å². The fourth-order valence-electron chi connectivity index (χ4n) is 3.59. The molecule has 1 N–H and O–H groups in total. The molecule has 0 spiro atoms. The number of carbonyl (C=O) groups is 1. The summed E-state index contributed by atoms with van der Waals surface area (Å²) in [5.74, 6) is -0.0972. The second kappa shape index (κ2) is 8.26. The third-order valence-electron chi connectivity index (χ3n) is 5.50. The van der Waals surface area contributed by atoms with Crippen LogP contribution in [0.25, 0.3) is 11.1 Å². The van der Waals surface area contributed by atoms with E-state index < -0.39 is 5.41 Å². The molecule has 1 aliphatic heterocycles.